The molecule has 2 rings (SSSR count). The SMILES string of the molecule is Cc1n[nH]c(C)c1S(=O)(=O)N1CCCCC1C(N)=O. The fraction of sp³-hybridized carbons (Fsp3) is 0.636. The molecule has 3 N–H and O–H groups in total. The summed E-state index contributed by atoms with van der Waals surface area (Å²) in [7, 11) is -3.74. The van der Waals surface area contributed by atoms with Crippen molar-refractivity contribution >= 4 is 15.9 Å². The van der Waals surface area contributed by atoms with Crippen LogP contribution in [0, 0.1) is 13.8 Å². The molecule has 1 aliphatic rings. The van der Waals surface area contributed by atoms with E-state index in [2.05, 4.69) is 10.2 Å². The number of carbonyl (C=O) groups excluding carboxylic acids is 1. The van der Waals surface area contributed by atoms with Crippen molar-refractivity contribution in [1.82, 2.24) is 14.5 Å². The zero-order valence-electron chi connectivity index (χ0n) is 11.0. The van der Waals surface area contributed by atoms with Gasteiger partial charge in [-0.15, -0.1) is 0 Å². The summed E-state index contributed by atoms with van der Waals surface area (Å²) in [5, 5.41) is 6.55. The molecule has 0 aromatic carbocycles. The summed E-state index contributed by atoms with van der Waals surface area (Å²) in [6.07, 6.45) is 2.02. The maximum Gasteiger partial charge on any atom is 0.247 e. The second-order valence-corrected chi connectivity index (χ2v) is 6.62. The molecule has 2 heterocycles. The zero-order valence-corrected chi connectivity index (χ0v) is 11.8. The second kappa shape index (κ2) is 4.93. The molecule has 0 radical (unpaired) electrons. The smallest absolute Gasteiger partial charge is 0.247 e. The minimum Gasteiger partial charge on any atom is -0.368 e. The van der Waals surface area contributed by atoms with Crippen molar-refractivity contribution in [3.8, 4) is 0 Å². The second-order valence-electron chi connectivity index (χ2n) is 4.79. The van der Waals surface area contributed by atoms with E-state index in [1.165, 1.54) is 4.31 Å². The van der Waals surface area contributed by atoms with E-state index < -0.39 is 22.0 Å². The Bertz CT molecular complexity index is 574. The number of nitrogens with two attached hydrogens (primary N) is 1. The summed E-state index contributed by atoms with van der Waals surface area (Å²) in [6.45, 7) is 3.59. The van der Waals surface area contributed by atoms with Gasteiger partial charge in [-0.3, -0.25) is 9.89 Å². The van der Waals surface area contributed by atoms with Crippen LogP contribution in [0.3, 0.4) is 0 Å². The predicted octanol–water partition coefficient (Wildman–Crippen LogP) is 0.0550. The Kier molecular flexibility index (Phi) is 3.64. The molecule has 1 unspecified atom stereocenters. The van der Waals surface area contributed by atoms with Crippen molar-refractivity contribution in [1.29, 1.82) is 0 Å². The number of H-pyrrole nitrogens is 1. The van der Waals surface area contributed by atoms with Crippen molar-refractivity contribution < 1.29 is 13.2 Å². The average molecular weight is 286 g/mol. The van der Waals surface area contributed by atoms with Crippen LogP contribution >= 0.6 is 0 Å². The van der Waals surface area contributed by atoms with Crippen molar-refractivity contribution in [3.63, 3.8) is 0 Å². The first kappa shape index (κ1) is 14.0. The van der Waals surface area contributed by atoms with Crippen LogP contribution in [0.2, 0.25) is 0 Å². The van der Waals surface area contributed by atoms with Gasteiger partial charge in [-0.05, 0) is 26.7 Å². The molecule has 1 aliphatic heterocycles. The Hall–Kier alpha value is -1.41. The van der Waals surface area contributed by atoms with Crippen molar-refractivity contribution in [3.05, 3.63) is 11.4 Å². The molecule has 1 saturated heterocycles. The predicted molar refractivity (Wildman–Crippen MR) is 68.8 cm³/mol. The first-order valence-corrected chi connectivity index (χ1v) is 7.62. The molecule has 19 heavy (non-hydrogen) atoms. The van der Waals surface area contributed by atoms with Crippen LogP contribution in [0.1, 0.15) is 30.7 Å². The minimum atomic E-state index is -3.74. The van der Waals surface area contributed by atoms with E-state index in [9.17, 15) is 13.2 Å². The van der Waals surface area contributed by atoms with Crippen LogP contribution in [0.25, 0.3) is 0 Å². The number of primary amides is 1. The Balaban J connectivity index is 2.46. The fourth-order valence-electron chi connectivity index (χ4n) is 2.52. The van der Waals surface area contributed by atoms with Gasteiger partial charge in [0.2, 0.25) is 15.9 Å². The summed E-state index contributed by atoms with van der Waals surface area (Å²) in [6, 6.07) is -0.757. The molecule has 0 bridgehead atoms. The van der Waals surface area contributed by atoms with Crippen LogP contribution in [0.4, 0.5) is 0 Å². The highest BCUT2D eigenvalue weighted by Crippen LogP contribution is 2.27. The van der Waals surface area contributed by atoms with Gasteiger partial charge in [-0.2, -0.15) is 9.40 Å². The molecule has 1 atom stereocenters. The first-order chi connectivity index (χ1) is 8.85. The third-order valence-electron chi connectivity index (χ3n) is 3.41. The number of hydrogen-bond acceptors (Lipinski definition) is 4. The lowest BCUT2D eigenvalue weighted by atomic mass is 10.0. The van der Waals surface area contributed by atoms with Gasteiger partial charge in [-0.25, -0.2) is 8.42 Å². The summed E-state index contributed by atoms with van der Waals surface area (Å²) >= 11 is 0. The fourth-order valence-corrected chi connectivity index (χ4v) is 4.51. The number of nitrogens with zero attached hydrogens (tertiary/aromatic N) is 2. The van der Waals surface area contributed by atoms with Crippen molar-refractivity contribution in [2.75, 3.05) is 6.54 Å². The van der Waals surface area contributed by atoms with Crippen LogP contribution in [-0.2, 0) is 14.8 Å². The zero-order chi connectivity index (χ0) is 14.2. The molecular weight excluding hydrogens is 268 g/mol. The van der Waals surface area contributed by atoms with Crippen molar-refractivity contribution in [2.45, 2.75) is 44.0 Å². The minimum absolute atomic E-state index is 0.153. The summed E-state index contributed by atoms with van der Waals surface area (Å²) in [5.41, 5.74) is 6.20. The molecule has 1 amide bonds. The number of hydrogen-bond donors (Lipinski definition) is 2. The number of rotatable bonds is 3. The Morgan fingerprint density at radius 3 is 2.63 bits per heavy atom. The van der Waals surface area contributed by atoms with Gasteiger partial charge >= 0.3 is 0 Å². The van der Waals surface area contributed by atoms with Crippen LogP contribution < -0.4 is 5.73 Å². The summed E-state index contributed by atoms with van der Waals surface area (Å²) in [4.78, 5) is 11.6. The number of aryl methyl sites for hydroxylation is 2. The standard InChI is InChI=1S/C11H18N4O3S/c1-7-10(8(2)14-13-7)19(17,18)15-6-4-3-5-9(15)11(12)16/h9H,3-6H2,1-2H3,(H2,12,16)(H,13,14). The maximum absolute atomic E-state index is 12.7. The summed E-state index contributed by atoms with van der Waals surface area (Å²) < 4.78 is 26.5. The molecular formula is C11H18N4O3S. The molecule has 8 heteroatoms. The van der Waals surface area contributed by atoms with E-state index in [0.717, 1.165) is 12.8 Å². The number of carbonyl (C=O) groups is 1. The highest BCUT2D eigenvalue weighted by Gasteiger charge is 2.38. The van der Waals surface area contributed by atoms with Crippen molar-refractivity contribution in [2.24, 2.45) is 5.73 Å². The largest absolute Gasteiger partial charge is 0.368 e. The average Bonchev–Trinajstić information content (AvgIpc) is 2.69. The van der Waals surface area contributed by atoms with Gasteiger partial charge < -0.3 is 5.73 Å². The number of piperidine rings is 1. The van der Waals surface area contributed by atoms with Gasteiger partial charge in [0.25, 0.3) is 0 Å². The summed E-state index contributed by atoms with van der Waals surface area (Å²) in [5.74, 6) is -0.595. The van der Waals surface area contributed by atoms with E-state index in [1.54, 1.807) is 13.8 Å². The molecule has 1 aromatic heterocycles. The lowest BCUT2D eigenvalue weighted by Gasteiger charge is -2.32. The topological polar surface area (TPSA) is 109 Å². The van der Waals surface area contributed by atoms with Crippen LogP contribution in [-0.4, -0.2) is 41.4 Å². The van der Waals surface area contributed by atoms with E-state index >= 15 is 0 Å². The highest BCUT2D eigenvalue weighted by molar-refractivity contribution is 7.89. The molecule has 106 valence electrons. The number of nitrogens with one attached hydrogen (secondary N) is 1. The molecule has 1 fully saturated rings. The number of aromatic nitrogens is 2. The van der Waals surface area contributed by atoms with Gasteiger partial charge in [0.1, 0.15) is 10.9 Å². The first-order valence-electron chi connectivity index (χ1n) is 6.18. The quantitative estimate of drug-likeness (QED) is 0.818. The molecule has 0 saturated carbocycles. The van der Waals surface area contributed by atoms with Gasteiger partial charge in [-0.1, -0.05) is 6.42 Å². The Morgan fingerprint density at radius 1 is 1.42 bits per heavy atom. The van der Waals surface area contributed by atoms with Gasteiger partial charge in [0.05, 0.1) is 11.4 Å². The van der Waals surface area contributed by atoms with E-state index in [0.29, 0.717) is 24.4 Å². The number of amides is 1. The molecule has 7 nitrogen and oxygen atoms in total. The van der Waals surface area contributed by atoms with Gasteiger partial charge in [0, 0.05) is 6.54 Å². The third-order valence-corrected chi connectivity index (χ3v) is 5.58. The normalized spacial score (nSPS) is 21.5. The lowest BCUT2D eigenvalue weighted by Crippen LogP contribution is -2.50. The maximum atomic E-state index is 12.7. The van der Waals surface area contributed by atoms with Crippen LogP contribution in [0.15, 0.2) is 4.90 Å². The lowest BCUT2D eigenvalue weighted by molar-refractivity contribution is -0.122. The third kappa shape index (κ3) is 2.37. The molecule has 0 spiro atoms. The van der Waals surface area contributed by atoms with Gasteiger partial charge in [0.15, 0.2) is 0 Å². The van der Waals surface area contributed by atoms with E-state index in [1.807, 2.05) is 0 Å². The number of aromatic amines is 1. The number of sulfonamides is 1. The van der Waals surface area contributed by atoms with E-state index in [-0.39, 0.29) is 4.90 Å². The Morgan fingerprint density at radius 2 is 2.11 bits per heavy atom. The highest BCUT2D eigenvalue weighted by atomic mass is 32.2. The molecule has 0 aliphatic carbocycles. The Labute approximate surface area is 112 Å². The van der Waals surface area contributed by atoms with E-state index in [4.69, 9.17) is 5.73 Å². The molecule has 1 aromatic rings. The van der Waals surface area contributed by atoms with Crippen LogP contribution in [0.5, 0.6) is 0 Å². The monoisotopic (exact) mass is 286 g/mol.